The minimum atomic E-state index is -0.246. The van der Waals surface area contributed by atoms with Gasteiger partial charge >= 0.3 is 0 Å². The summed E-state index contributed by atoms with van der Waals surface area (Å²) in [6.07, 6.45) is 3.53. The van der Waals surface area contributed by atoms with E-state index in [4.69, 9.17) is 4.42 Å². The predicted octanol–water partition coefficient (Wildman–Crippen LogP) is 5.52. The lowest BCUT2D eigenvalue weighted by molar-refractivity contribution is 0.0992. The Labute approximate surface area is 158 Å². The highest BCUT2D eigenvalue weighted by molar-refractivity contribution is 7.98. The zero-order valence-corrected chi connectivity index (χ0v) is 16.0. The second kappa shape index (κ2) is 7.79. The predicted molar refractivity (Wildman–Crippen MR) is 106 cm³/mol. The highest BCUT2D eigenvalue weighted by Gasteiger charge is 2.15. The van der Waals surface area contributed by atoms with Crippen molar-refractivity contribution in [3.05, 3.63) is 77.8 Å². The Hall–Kier alpha value is -2.53. The highest BCUT2D eigenvalue weighted by Crippen LogP contribution is 2.26. The lowest BCUT2D eigenvalue weighted by atomic mass is 9.87. The van der Waals surface area contributed by atoms with E-state index in [0.29, 0.717) is 5.76 Å². The number of aromatic nitrogens is 1. The van der Waals surface area contributed by atoms with E-state index >= 15 is 0 Å². The normalized spacial score (nSPS) is 11.3. The van der Waals surface area contributed by atoms with Crippen molar-refractivity contribution in [1.82, 2.24) is 4.98 Å². The van der Waals surface area contributed by atoms with E-state index in [-0.39, 0.29) is 11.3 Å². The summed E-state index contributed by atoms with van der Waals surface area (Å²) >= 11 is 1.55. The number of pyridine rings is 1. The number of carbonyl (C=O) groups is 1. The van der Waals surface area contributed by atoms with Crippen LogP contribution in [0.25, 0.3) is 0 Å². The molecular formula is C21H22N2O2S. The lowest BCUT2D eigenvalue weighted by Gasteiger charge is -2.19. The van der Waals surface area contributed by atoms with Gasteiger partial charge < -0.3 is 9.73 Å². The van der Waals surface area contributed by atoms with E-state index in [2.05, 4.69) is 31.1 Å². The molecule has 26 heavy (non-hydrogen) atoms. The molecular weight excluding hydrogens is 344 g/mol. The van der Waals surface area contributed by atoms with Crippen LogP contribution in [0.3, 0.4) is 0 Å². The zero-order valence-electron chi connectivity index (χ0n) is 15.2. The van der Waals surface area contributed by atoms with Gasteiger partial charge in [-0.25, -0.2) is 0 Å². The Morgan fingerprint density at radius 2 is 1.73 bits per heavy atom. The third-order valence-electron chi connectivity index (χ3n) is 3.94. The fourth-order valence-corrected chi connectivity index (χ4v) is 3.21. The van der Waals surface area contributed by atoms with Gasteiger partial charge in [0.2, 0.25) is 0 Å². The molecule has 0 aliphatic rings. The molecule has 0 unspecified atom stereocenters. The van der Waals surface area contributed by atoms with E-state index in [1.54, 1.807) is 30.2 Å². The highest BCUT2D eigenvalue weighted by atomic mass is 32.2. The van der Waals surface area contributed by atoms with Crippen LogP contribution >= 0.6 is 11.8 Å². The van der Waals surface area contributed by atoms with Crippen LogP contribution in [0.15, 0.2) is 70.4 Å². The van der Waals surface area contributed by atoms with Crippen LogP contribution in [0.4, 0.5) is 5.69 Å². The van der Waals surface area contributed by atoms with Crippen LogP contribution in [0.2, 0.25) is 0 Å². The van der Waals surface area contributed by atoms with E-state index in [9.17, 15) is 4.79 Å². The molecule has 3 rings (SSSR count). The summed E-state index contributed by atoms with van der Waals surface area (Å²) in [6.45, 7) is 6.48. The molecule has 0 aliphatic heterocycles. The maximum Gasteiger partial charge on any atom is 0.291 e. The number of anilines is 1. The summed E-state index contributed by atoms with van der Waals surface area (Å²) in [5.74, 6) is 0.831. The van der Waals surface area contributed by atoms with Crippen LogP contribution in [-0.2, 0) is 11.2 Å². The summed E-state index contributed by atoms with van der Waals surface area (Å²) in [5.41, 5.74) is 3.23. The number of benzene rings is 1. The Kier molecular flexibility index (Phi) is 5.47. The van der Waals surface area contributed by atoms with Crippen molar-refractivity contribution in [2.45, 2.75) is 37.0 Å². The summed E-state index contributed by atoms with van der Waals surface area (Å²) in [6, 6.07) is 15.4. The van der Waals surface area contributed by atoms with Gasteiger partial charge in [-0.1, -0.05) is 44.7 Å². The molecule has 5 heteroatoms. The molecule has 0 saturated heterocycles. The molecule has 0 bridgehead atoms. The van der Waals surface area contributed by atoms with Gasteiger partial charge in [0.15, 0.2) is 10.9 Å². The van der Waals surface area contributed by atoms with E-state index in [1.807, 2.05) is 42.5 Å². The van der Waals surface area contributed by atoms with Gasteiger partial charge in [0.1, 0.15) is 0 Å². The molecule has 0 fully saturated rings. The molecule has 0 atom stereocenters. The van der Waals surface area contributed by atoms with E-state index in [1.165, 1.54) is 5.56 Å². The van der Waals surface area contributed by atoms with Gasteiger partial charge in [-0.05, 0) is 52.9 Å². The number of nitrogens with zero attached hydrogens (tertiary/aromatic N) is 1. The number of thioether (sulfide) groups is 1. The number of hydrogen-bond donors (Lipinski definition) is 1. The van der Waals surface area contributed by atoms with Crippen molar-refractivity contribution in [2.24, 2.45) is 0 Å². The molecule has 0 radical (unpaired) electrons. The number of amides is 1. The van der Waals surface area contributed by atoms with Crippen molar-refractivity contribution < 1.29 is 9.21 Å². The number of nitrogens with one attached hydrogen (secondary N) is 1. The number of rotatable bonds is 5. The minimum Gasteiger partial charge on any atom is -0.445 e. The third kappa shape index (κ3) is 4.76. The summed E-state index contributed by atoms with van der Waals surface area (Å²) in [5, 5.41) is 3.59. The van der Waals surface area contributed by atoms with Crippen molar-refractivity contribution in [3.8, 4) is 0 Å². The smallest absolute Gasteiger partial charge is 0.291 e. The lowest BCUT2D eigenvalue weighted by Crippen LogP contribution is -2.13. The molecule has 2 aromatic heterocycles. The minimum absolute atomic E-state index is 0.0878. The van der Waals surface area contributed by atoms with Gasteiger partial charge in [-0.15, -0.1) is 0 Å². The summed E-state index contributed by atoms with van der Waals surface area (Å²) < 4.78 is 5.65. The SMILES string of the molecule is CC(C)(C)c1ccc(NC(=O)c2ccc(SCc3ccncc3)o2)cc1. The summed E-state index contributed by atoms with van der Waals surface area (Å²) in [4.78, 5) is 16.4. The average Bonchev–Trinajstić information content (AvgIpc) is 3.10. The molecule has 0 saturated carbocycles. The first-order chi connectivity index (χ1) is 12.4. The van der Waals surface area contributed by atoms with Crippen LogP contribution < -0.4 is 5.32 Å². The van der Waals surface area contributed by atoms with Crippen molar-refractivity contribution in [3.63, 3.8) is 0 Å². The Morgan fingerprint density at radius 1 is 1.04 bits per heavy atom. The fraction of sp³-hybridized carbons (Fsp3) is 0.238. The monoisotopic (exact) mass is 366 g/mol. The first-order valence-electron chi connectivity index (χ1n) is 8.45. The molecule has 4 nitrogen and oxygen atoms in total. The standard InChI is InChI=1S/C21H22N2O2S/c1-21(2,3)16-4-6-17(7-5-16)23-20(24)18-8-9-19(25-18)26-14-15-10-12-22-13-11-15/h4-13H,14H2,1-3H3,(H,23,24). The Morgan fingerprint density at radius 3 is 2.38 bits per heavy atom. The molecule has 1 amide bonds. The van der Waals surface area contributed by atoms with Gasteiger partial charge in [0.25, 0.3) is 5.91 Å². The molecule has 0 spiro atoms. The van der Waals surface area contributed by atoms with Crippen LogP contribution in [0.1, 0.15) is 42.5 Å². The second-order valence-electron chi connectivity index (χ2n) is 7.04. The molecule has 3 aromatic rings. The van der Waals surface area contributed by atoms with Crippen molar-refractivity contribution in [1.29, 1.82) is 0 Å². The first-order valence-corrected chi connectivity index (χ1v) is 9.44. The van der Waals surface area contributed by atoms with Gasteiger partial charge in [0.05, 0.1) is 0 Å². The van der Waals surface area contributed by atoms with Crippen molar-refractivity contribution in [2.75, 3.05) is 5.32 Å². The number of carbonyl (C=O) groups excluding carboxylic acids is 1. The Bertz CT molecular complexity index is 865. The molecule has 2 heterocycles. The molecule has 1 aromatic carbocycles. The largest absolute Gasteiger partial charge is 0.445 e. The van der Waals surface area contributed by atoms with Gasteiger partial charge in [-0.3, -0.25) is 9.78 Å². The van der Waals surface area contributed by atoms with Crippen molar-refractivity contribution >= 4 is 23.4 Å². The van der Waals surface area contributed by atoms with E-state index in [0.717, 1.165) is 22.1 Å². The maximum absolute atomic E-state index is 12.4. The summed E-state index contributed by atoms with van der Waals surface area (Å²) in [7, 11) is 0. The van der Waals surface area contributed by atoms with Crippen LogP contribution in [0.5, 0.6) is 0 Å². The van der Waals surface area contributed by atoms with Gasteiger partial charge in [0, 0.05) is 23.8 Å². The third-order valence-corrected chi connectivity index (χ3v) is 4.93. The Balaban J connectivity index is 1.59. The van der Waals surface area contributed by atoms with Crippen LogP contribution in [-0.4, -0.2) is 10.9 Å². The molecule has 134 valence electrons. The fourth-order valence-electron chi connectivity index (χ4n) is 2.40. The van der Waals surface area contributed by atoms with Gasteiger partial charge in [-0.2, -0.15) is 0 Å². The molecule has 1 N–H and O–H groups in total. The number of hydrogen-bond acceptors (Lipinski definition) is 4. The maximum atomic E-state index is 12.4. The first kappa shape index (κ1) is 18.3. The van der Waals surface area contributed by atoms with E-state index < -0.39 is 0 Å². The quantitative estimate of drug-likeness (QED) is 0.604. The number of furan rings is 1. The second-order valence-corrected chi connectivity index (χ2v) is 8.02. The topological polar surface area (TPSA) is 55.1 Å². The zero-order chi connectivity index (χ0) is 18.6. The van der Waals surface area contributed by atoms with Crippen LogP contribution in [0, 0.1) is 0 Å². The average molecular weight is 366 g/mol. The molecule has 0 aliphatic carbocycles.